The summed E-state index contributed by atoms with van der Waals surface area (Å²) in [5.74, 6) is 2.02. The molecule has 0 saturated heterocycles. The van der Waals surface area contributed by atoms with E-state index in [1.54, 1.807) is 6.07 Å². The quantitative estimate of drug-likeness (QED) is 0.518. The number of hydrogen-bond acceptors (Lipinski definition) is 5. The zero-order valence-electron chi connectivity index (χ0n) is 16.1. The van der Waals surface area contributed by atoms with Crippen LogP contribution in [0.25, 0.3) is 22.3 Å². The third kappa shape index (κ3) is 3.33. The van der Waals surface area contributed by atoms with Gasteiger partial charge in [0.05, 0.1) is 16.7 Å². The largest absolute Gasteiger partial charge is 0.309 e. The topological polar surface area (TPSA) is 76.5 Å². The van der Waals surface area contributed by atoms with Crippen molar-refractivity contribution in [2.75, 3.05) is 0 Å². The summed E-state index contributed by atoms with van der Waals surface area (Å²) in [6, 6.07) is 13.8. The van der Waals surface area contributed by atoms with Gasteiger partial charge in [-0.3, -0.25) is 4.79 Å². The standard InChI is InChI=1S/C21H21N5OS/c1-4-26-19(15-10-6-5-8-13(15)2)24-25-21(26)28-12-17-22-18-14(3)9-7-11-16(18)20(27)23-17/h5-11H,4,12H2,1-3H3,(H,22,23,27). The Hall–Kier alpha value is -2.93. The van der Waals surface area contributed by atoms with Gasteiger partial charge in [-0.05, 0) is 38.0 Å². The maximum Gasteiger partial charge on any atom is 0.258 e. The molecule has 0 fully saturated rings. The highest BCUT2D eigenvalue weighted by Crippen LogP contribution is 2.27. The number of aromatic amines is 1. The van der Waals surface area contributed by atoms with Crippen molar-refractivity contribution >= 4 is 22.7 Å². The van der Waals surface area contributed by atoms with Crippen LogP contribution in [0.4, 0.5) is 0 Å². The maximum absolute atomic E-state index is 12.4. The van der Waals surface area contributed by atoms with Gasteiger partial charge in [0.2, 0.25) is 0 Å². The Bertz CT molecular complexity index is 1210. The molecule has 0 aliphatic heterocycles. The van der Waals surface area contributed by atoms with Crippen LogP contribution >= 0.6 is 11.8 Å². The Morgan fingerprint density at radius 1 is 1.04 bits per heavy atom. The molecule has 0 saturated carbocycles. The molecular formula is C21H21N5OS. The molecule has 1 N–H and O–H groups in total. The van der Waals surface area contributed by atoms with Gasteiger partial charge in [0.1, 0.15) is 5.82 Å². The first-order chi connectivity index (χ1) is 13.6. The van der Waals surface area contributed by atoms with Gasteiger partial charge in [-0.25, -0.2) is 4.98 Å². The third-order valence-corrected chi connectivity index (χ3v) is 5.72. The van der Waals surface area contributed by atoms with Gasteiger partial charge >= 0.3 is 0 Å². The van der Waals surface area contributed by atoms with E-state index in [2.05, 4.69) is 50.7 Å². The Morgan fingerprint density at radius 2 is 1.82 bits per heavy atom. The minimum Gasteiger partial charge on any atom is -0.309 e. The van der Waals surface area contributed by atoms with Gasteiger partial charge < -0.3 is 9.55 Å². The van der Waals surface area contributed by atoms with Gasteiger partial charge in [-0.15, -0.1) is 10.2 Å². The van der Waals surface area contributed by atoms with Gasteiger partial charge in [0.15, 0.2) is 11.0 Å². The van der Waals surface area contributed by atoms with E-state index in [0.29, 0.717) is 17.0 Å². The van der Waals surface area contributed by atoms with Crippen molar-refractivity contribution in [3.05, 3.63) is 69.8 Å². The number of benzene rings is 2. The van der Waals surface area contributed by atoms with Crippen LogP contribution in [-0.4, -0.2) is 24.7 Å². The van der Waals surface area contributed by atoms with Crippen molar-refractivity contribution in [1.82, 2.24) is 24.7 Å². The highest BCUT2D eigenvalue weighted by Gasteiger charge is 2.15. The predicted octanol–water partition coefficient (Wildman–Crippen LogP) is 4.11. The molecule has 0 atom stereocenters. The molecule has 0 amide bonds. The predicted molar refractivity (Wildman–Crippen MR) is 113 cm³/mol. The average Bonchev–Trinajstić information content (AvgIpc) is 3.10. The minimum atomic E-state index is -0.109. The number of nitrogens with one attached hydrogen (secondary N) is 1. The molecule has 7 heteroatoms. The summed E-state index contributed by atoms with van der Waals surface area (Å²) in [5.41, 5.74) is 3.88. The molecule has 4 aromatic rings. The summed E-state index contributed by atoms with van der Waals surface area (Å²) in [5, 5.41) is 10.2. The molecule has 0 bridgehead atoms. The van der Waals surface area contributed by atoms with E-state index in [-0.39, 0.29) is 5.56 Å². The number of aromatic nitrogens is 5. The minimum absolute atomic E-state index is 0.109. The van der Waals surface area contributed by atoms with Gasteiger partial charge in [-0.1, -0.05) is 48.2 Å². The molecule has 0 unspecified atom stereocenters. The zero-order chi connectivity index (χ0) is 19.7. The SMILES string of the molecule is CCn1c(SCc2nc3c(C)cccc3c(=O)[nH]2)nnc1-c1ccccc1C. The Balaban J connectivity index is 1.64. The summed E-state index contributed by atoms with van der Waals surface area (Å²) in [6.45, 7) is 6.88. The first kappa shape index (κ1) is 18.4. The van der Waals surface area contributed by atoms with E-state index in [4.69, 9.17) is 0 Å². The molecule has 0 spiro atoms. The molecular weight excluding hydrogens is 370 g/mol. The Labute approximate surface area is 167 Å². The monoisotopic (exact) mass is 391 g/mol. The molecule has 142 valence electrons. The van der Waals surface area contributed by atoms with Crippen LogP contribution in [0, 0.1) is 13.8 Å². The van der Waals surface area contributed by atoms with Crippen LogP contribution in [0.15, 0.2) is 52.4 Å². The molecule has 0 aliphatic rings. The van der Waals surface area contributed by atoms with Crippen LogP contribution in [0.5, 0.6) is 0 Å². The van der Waals surface area contributed by atoms with E-state index in [9.17, 15) is 4.79 Å². The second-order valence-corrected chi connectivity index (χ2v) is 7.58. The van der Waals surface area contributed by atoms with Crippen LogP contribution in [0.2, 0.25) is 0 Å². The molecule has 4 rings (SSSR count). The number of fused-ring (bicyclic) bond motifs is 1. The summed E-state index contributed by atoms with van der Waals surface area (Å²) in [6.07, 6.45) is 0. The Kier molecular flexibility index (Phi) is 5.00. The summed E-state index contributed by atoms with van der Waals surface area (Å²) >= 11 is 1.53. The van der Waals surface area contributed by atoms with E-state index >= 15 is 0 Å². The van der Waals surface area contributed by atoms with Crippen LogP contribution in [0.3, 0.4) is 0 Å². The van der Waals surface area contributed by atoms with Crippen LogP contribution in [-0.2, 0) is 12.3 Å². The summed E-state index contributed by atoms with van der Waals surface area (Å²) in [7, 11) is 0. The number of H-pyrrole nitrogens is 1. The highest BCUT2D eigenvalue weighted by molar-refractivity contribution is 7.98. The van der Waals surface area contributed by atoms with Crippen LogP contribution in [0.1, 0.15) is 23.9 Å². The fourth-order valence-corrected chi connectivity index (χ4v) is 4.13. The number of para-hydroxylation sites is 1. The smallest absolute Gasteiger partial charge is 0.258 e. The van der Waals surface area contributed by atoms with E-state index in [1.165, 1.54) is 11.8 Å². The van der Waals surface area contributed by atoms with Gasteiger partial charge in [0, 0.05) is 12.1 Å². The average molecular weight is 392 g/mol. The maximum atomic E-state index is 12.4. The van der Waals surface area contributed by atoms with Crippen molar-refractivity contribution in [1.29, 1.82) is 0 Å². The number of thioether (sulfide) groups is 1. The zero-order valence-corrected chi connectivity index (χ0v) is 16.9. The normalized spacial score (nSPS) is 11.2. The number of rotatable bonds is 5. The molecule has 6 nitrogen and oxygen atoms in total. The first-order valence-corrected chi connectivity index (χ1v) is 10.2. The molecule has 0 radical (unpaired) electrons. The number of nitrogens with zero attached hydrogens (tertiary/aromatic N) is 4. The molecule has 28 heavy (non-hydrogen) atoms. The van der Waals surface area contributed by atoms with Crippen molar-refractivity contribution in [3.8, 4) is 11.4 Å². The van der Waals surface area contributed by atoms with Crippen molar-refractivity contribution in [2.24, 2.45) is 0 Å². The second-order valence-electron chi connectivity index (χ2n) is 6.64. The van der Waals surface area contributed by atoms with Crippen LogP contribution < -0.4 is 5.56 Å². The van der Waals surface area contributed by atoms with E-state index in [1.807, 2.05) is 31.2 Å². The lowest BCUT2D eigenvalue weighted by Crippen LogP contribution is -2.12. The lowest BCUT2D eigenvalue weighted by molar-refractivity contribution is 0.686. The van der Waals surface area contributed by atoms with Gasteiger partial charge in [0.25, 0.3) is 5.56 Å². The number of hydrogen-bond donors (Lipinski definition) is 1. The highest BCUT2D eigenvalue weighted by atomic mass is 32.2. The van der Waals surface area contributed by atoms with Gasteiger partial charge in [-0.2, -0.15) is 0 Å². The molecule has 0 aliphatic carbocycles. The molecule has 2 aromatic carbocycles. The molecule has 2 aromatic heterocycles. The number of aryl methyl sites for hydroxylation is 2. The Morgan fingerprint density at radius 3 is 2.61 bits per heavy atom. The van der Waals surface area contributed by atoms with E-state index < -0.39 is 0 Å². The van der Waals surface area contributed by atoms with Crippen molar-refractivity contribution < 1.29 is 0 Å². The fourth-order valence-electron chi connectivity index (χ4n) is 3.26. The summed E-state index contributed by atoms with van der Waals surface area (Å²) in [4.78, 5) is 19.9. The van der Waals surface area contributed by atoms with Crippen molar-refractivity contribution in [3.63, 3.8) is 0 Å². The lowest BCUT2D eigenvalue weighted by atomic mass is 10.1. The first-order valence-electron chi connectivity index (χ1n) is 9.19. The fraction of sp³-hybridized carbons (Fsp3) is 0.238. The van der Waals surface area contributed by atoms with Crippen molar-refractivity contribution in [2.45, 2.75) is 38.2 Å². The molecule has 2 heterocycles. The third-order valence-electron chi connectivity index (χ3n) is 4.74. The lowest BCUT2D eigenvalue weighted by Gasteiger charge is -2.09. The second kappa shape index (κ2) is 7.59. The summed E-state index contributed by atoms with van der Waals surface area (Å²) < 4.78 is 2.09. The van der Waals surface area contributed by atoms with E-state index in [0.717, 1.165) is 39.7 Å².